The summed E-state index contributed by atoms with van der Waals surface area (Å²) in [6, 6.07) is 0. The fourth-order valence-corrected chi connectivity index (χ4v) is 3.27. The van der Waals surface area contributed by atoms with Gasteiger partial charge in [-0.25, -0.2) is 0 Å². The molecule has 0 bridgehead atoms. The topological polar surface area (TPSA) is 9.23 Å². The first kappa shape index (κ1) is 20.3. The van der Waals surface area contributed by atoms with E-state index in [4.69, 9.17) is 4.74 Å². The maximum Gasteiger partial charge on any atom is 0.102 e. The maximum atomic E-state index is 6.08. The second-order valence-corrected chi connectivity index (χ2v) is 10.2. The number of rotatable bonds is 6. The van der Waals surface area contributed by atoms with Crippen molar-refractivity contribution in [1.29, 1.82) is 0 Å². The molecule has 21 heavy (non-hydrogen) atoms. The predicted octanol–water partition coefficient (Wildman–Crippen LogP) is 6.96. The molecule has 0 aromatic carbocycles. The van der Waals surface area contributed by atoms with Gasteiger partial charge in [0.15, 0.2) is 0 Å². The average Bonchev–Trinajstić information content (AvgIpc) is 2.08. The molecule has 0 heterocycles. The molecule has 0 rings (SSSR count). The normalized spacial score (nSPS) is 14.0. The highest BCUT2D eigenvalue weighted by atomic mass is 16.5. The van der Waals surface area contributed by atoms with Gasteiger partial charge in [-0.15, -0.1) is 0 Å². The number of hydrogen-bond donors (Lipinski definition) is 0. The minimum absolute atomic E-state index is 0.0565. The second-order valence-electron chi connectivity index (χ2n) is 10.2. The summed E-state index contributed by atoms with van der Waals surface area (Å²) < 4.78 is 6.08. The van der Waals surface area contributed by atoms with Crippen molar-refractivity contribution in [3.8, 4) is 0 Å². The van der Waals surface area contributed by atoms with Crippen molar-refractivity contribution in [2.75, 3.05) is 0 Å². The highest BCUT2D eigenvalue weighted by Gasteiger charge is 2.34. The Morgan fingerprint density at radius 3 is 1.05 bits per heavy atom. The van der Waals surface area contributed by atoms with E-state index < -0.39 is 0 Å². The molecule has 1 heteroatoms. The molecule has 124 valence electrons. The van der Waals surface area contributed by atoms with Crippen LogP contribution in [0.5, 0.6) is 0 Å². The number of hydrogen-bond acceptors (Lipinski definition) is 1. The summed E-state index contributed by atoms with van der Waals surface area (Å²) in [6.45, 7) is 30.7. The maximum absolute atomic E-state index is 6.08. The zero-order chi connectivity index (χ0) is 17.3. The van der Waals surface area contributed by atoms with E-state index in [1.165, 1.54) is 0 Å². The Hall–Kier alpha value is -0.720. The molecule has 0 amide bonds. The van der Waals surface area contributed by atoms with Gasteiger partial charge in [-0.2, -0.15) is 0 Å². The lowest BCUT2D eigenvalue weighted by atomic mass is 9.74. The molecule has 0 saturated carbocycles. The molecule has 0 atom stereocenters. The summed E-state index contributed by atoms with van der Waals surface area (Å²) >= 11 is 0. The summed E-state index contributed by atoms with van der Waals surface area (Å²) in [5.41, 5.74) is 0.383. The SMILES string of the molecule is C=C(OC(=C)C(C)(C)CC(C)(C)C)C(C)(C)CC(C)(C)C. The van der Waals surface area contributed by atoms with Crippen molar-refractivity contribution in [3.05, 3.63) is 24.7 Å². The van der Waals surface area contributed by atoms with Gasteiger partial charge in [0.25, 0.3) is 0 Å². The van der Waals surface area contributed by atoms with E-state index in [9.17, 15) is 0 Å². The lowest BCUT2D eigenvalue weighted by Crippen LogP contribution is -2.27. The van der Waals surface area contributed by atoms with Crippen LogP contribution in [0.25, 0.3) is 0 Å². The Kier molecular flexibility index (Phi) is 5.97. The van der Waals surface area contributed by atoms with Crippen LogP contribution in [0.1, 0.15) is 82.1 Å². The summed E-state index contributed by atoms with van der Waals surface area (Å²) in [5.74, 6) is 1.65. The highest BCUT2D eigenvalue weighted by molar-refractivity contribution is 5.09. The first-order valence-electron chi connectivity index (χ1n) is 8.03. The fraction of sp³-hybridized carbons (Fsp3) is 0.800. The molecule has 0 unspecified atom stereocenters. The molecule has 0 aliphatic carbocycles. The number of ether oxygens (including phenoxy) is 1. The molecule has 0 saturated heterocycles. The lowest BCUT2D eigenvalue weighted by molar-refractivity contribution is 0.105. The Balaban J connectivity index is 4.89. The van der Waals surface area contributed by atoms with Gasteiger partial charge < -0.3 is 4.74 Å². The molecule has 0 fully saturated rings. The predicted molar refractivity (Wildman–Crippen MR) is 95.1 cm³/mol. The van der Waals surface area contributed by atoms with Crippen molar-refractivity contribution >= 4 is 0 Å². The van der Waals surface area contributed by atoms with Gasteiger partial charge in [0.05, 0.1) is 0 Å². The minimum Gasteiger partial charge on any atom is -0.466 e. The summed E-state index contributed by atoms with van der Waals surface area (Å²) in [7, 11) is 0. The van der Waals surface area contributed by atoms with E-state index in [0.29, 0.717) is 0 Å². The van der Waals surface area contributed by atoms with Crippen molar-refractivity contribution in [3.63, 3.8) is 0 Å². The van der Waals surface area contributed by atoms with Crippen LogP contribution in [-0.2, 0) is 4.74 Å². The van der Waals surface area contributed by atoms with E-state index in [0.717, 1.165) is 24.4 Å². The zero-order valence-electron chi connectivity index (χ0n) is 16.2. The third-order valence-corrected chi connectivity index (χ3v) is 3.70. The minimum atomic E-state index is -0.0565. The summed E-state index contributed by atoms with van der Waals surface area (Å²) in [4.78, 5) is 0. The molecule has 0 N–H and O–H groups in total. The third-order valence-electron chi connectivity index (χ3n) is 3.70. The molecule has 0 aliphatic heterocycles. The van der Waals surface area contributed by atoms with Gasteiger partial charge in [0.2, 0.25) is 0 Å². The van der Waals surface area contributed by atoms with Gasteiger partial charge >= 0.3 is 0 Å². The van der Waals surface area contributed by atoms with Crippen LogP contribution in [0.2, 0.25) is 0 Å². The van der Waals surface area contributed by atoms with E-state index >= 15 is 0 Å². The zero-order valence-corrected chi connectivity index (χ0v) is 16.2. The van der Waals surface area contributed by atoms with E-state index in [1.807, 2.05) is 0 Å². The largest absolute Gasteiger partial charge is 0.466 e. The smallest absolute Gasteiger partial charge is 0.102 e. The Labute approximate surface area is 133 Å². The highest BCUT2D eigenvalue weighted by Crippen LogP contribution is 2.43. The standard InChI is InChI=1S/C20H38O/c1-15(19(9,10)13-17(3,4)5)21-16(2)20(11,12)14-18(6,7)8/h1-2,13-14H2,3-12H3. The summed E-state index contributed by atoms with van der Waals surface area (Å²) in [6.07, 6.45) is 2.07. The first-order valence-corrected chi connectivity index (χ1v) is 8.03. The van der Waals surface area contributed by atoms with Crippen LogP contribution in [-0.4, -0.2) is 0 Å². The van der Waals surface area contributed by atoms with E-state index in [-0.39, 0.29) is 21.7 Å². The Bertz CT molecular complexity index is 345. The van der Waals surface area contributed by atoms with Gasteiger partial charge in [-0.1, -0.05) is 82.4 Å². The van der Waals surface area contributed by atoms with Crippen molar-refractivity contribution in [2.24, 2.45) is 21.7 Å². The lowest BCUT2D eigenvalue weighted by Gasteiger charge is -2.38. The van der Waals surface area contributed by atoms with Gasteiger partial charge in [-0.05, 0) is 23.7 Å². The van der Waals surface area contributed by atoms with Crippen LogP contribution in [0.15, 0.2) is 24.7 Å². The quantitative estimate of drug-likeness (QED) is 0.481. The summed E-state index contributed by atoms with van der Waals surface area (Å²) in [5, 5.41) is 0. The Morgan fingerprint density at radius 2 is 0.857 bits per heavy atom. The number of allylic oxidation sites excluding steroid dienone is 2. The van der Waals surface area contributed by atoms with Crippen molar-refractivity contribution in [2.45, 2.75) is 82.1 Å². The fourth-order valence-electron chi connectivity index (χ4n) is 3.27. The van der Waals surface area contributed by atoms with Crippen LogP contribution in [0.3, 0.4) is 0 Å². The molecule has 0 radical (unpaired) electrons. The third kappa shape index (κ3) is 7.74. The second kappa shape index (κ2) is 6.18. The Morgan fingerprint density at radius 1 is 0.619 bits per heavy atom. The molecular weight excluding hydrogens is 256 g/mol. The van der Waals surface area contributed by atoms with Crippen molar-refractivity contribution in [1.82, 2.24) is 0 Å². The molecule has 0 aromatic rings. The monoisotopic (exact) mass is 294 g/mol. The van der Waals surface area contributed by atoms with Crippen LogP contribution in [0.4, 0.5) is 0 Å². The van der Waals surface area contributed by atoms with Gasteiger partial charge in [-0.3, -0.25) is 0 Å². The van der Waals surface area contributed by atoms with Crippen LogP contribution in [0, 0.1) is 21.7 Å². The molecule has 1 nitrogen and oxygen atoms in total. The molecular formula is C20H38O. The van der Waals surface area contributed by atoms with E-state index in [2.05, 4.69) is 82.4 Å². The molecule has 0 aliphatic rings. The first-order chi connectivity index (χ1) is 8.96. The van der Waals surface area contributed by atoms with Gasteiger partial charge in [0, 0.05) is 10.8 Å². The van der Waals surface area contributed by atoms with Gasteiger partial charge in [0.1, 0.15) is 11.5 Å². The molecule has 0 aromatic heterocycles. The van der Waals surface area contributed by atoms with Crippen LogP contribution < -0.4 is 0 Å². The molecule has 0 spiro atoms. The van der Waals surface area contributed by atoms with Crippen molar-refractivity contribution < 1.29 is 4.74 Å². The van der Waals surface area contributed by atoms with E-state index in [1.54, 1.807) is 0 Å². The van der Waals surface area contributed by atoms with Crippen LogP contribution >= 0.6 is 0 Å². The average molecular weight is 295 g/mol.